The molecule has 1 saturated carbocycles. The van der Waals surface area contributed by atoms with Crippen LogP contribution in [0.15, 0.2) is 30.9 Å². The molecular formula is C30H41B2N8O3. The molecule has 4 N–H and O–H groups in total. The van der Waals surface area contributed by atoms with Crippen LogP contribution in [0.25, 0.3) is 22.2 Å². The van der Waals surface area contributed by atoms with Gasteiger partial charge in [-0.1, -0.05) is 26.8 Å². The number of benzene rings is 1. The van der Waals surface area contributed by atoms with Crippen LogP contribution in [0.1, 0.15) is 71.5 Å². The molecule has 0 amide bonds. The number of ether oxygens (including phenoxy) is 1. The first-order chi connectivity index (χ1) is 20.5. The van der Waals surface area contributed by atoms with Crippen molar-refractivity contribution < 1.29 is 14.9 Å². The number of aryl methyl sites for hydroxylation is 1. The maximum absolute atomic E-state index is 11.0. The first-order valence-electron chi connectivity index (χ1n) is 15.3. The zero-order valence-electron chi connectivity index (χ0n) is 25.6. The molecule has 13 heteroatoms. The van der Waals surface area contributed by atoms with Gasteiger partial charge in [-0.25, -0.2) is 19.9 Å². The first-order valence-corrected chi connectivity index (χ1v) is 15.3. The van der Waals surface area contributed by atoms with Gasteiger partial charge in [0.2, 0.25) is 0 Å². The van der Waals surface area contributed by atoms with Crippen LogP contribution >= 0.6 is 0 Å². The van der Waals surface area contributed by atoms with Crippen molar-refractivity contribution in [1.29, 1.82) is 0 Å². The molecule has 225 valence electrons. The molecule has 1 aliphatic carbocycles. The summed E-state index contributed by atoms with van der Waals surface area (Å²) in [6.07, 6.45) is 3.62. The van der Waals surface area contributed by atoms with E-state index >= 15 is 0 Å². The molecule has 4 aromatic rings. The van der Waals surface area contributed by atoms with Crippen molar-refractivity contribution in [1.82, 2.24) is 34.4 Å². The summed E-state index contributed by atoms with van der Waals surface area (Å²) < 4.78 is 7.93. The Balaban J connectivity index is 1.06. The summed E-state index contributed by atoms with van der Waals surface area (Å²) in [7, 11) is 6.77. The minimum Gasteiger partial charge on any atom is -0.424 e. The van der Waals surface area contributed by atoms with Crippen molar-refractivity contribution >= 4 is 43.1 Å². The lowest BCUT2D eigenvalue weighted by molar-refractivity contribution is -0.0620. The van der Waals surface area contributed by atoms with Gasteiger partial charge in [-0.2, -0.15) is 0 Å². The minimum atomic E-state index is -1.12. The van der Waals surface area contributed by atoms with Gasteiger partial charge >= 0.3 is 0 Å². The third-order valence-electron chi connectivity index (χ3n) is 9.11. The summed E-state index contributed by atoms with van der Waals surface area (Å²) in [5.41, 5.74) is 4.53. The molecule has 1 saturated heterocycles. The standard InChI is InChI=1S/C30H41B2N8O3/c1-16(2)39(19-10-17(11-19)6-9-23-36-20-8-7-18(30(3,4)5)12-21(20)37-23)13-22-25(41)26(42)29(43-22)40-15-35-24-27(38-32-31)33-14-34-28(24)40/h7-8,12,14-17,19,22,25-26,29,41-42H,6,9-11,13H2,1-5H3,(H,36,37)(H,33,34,38). The number of aliphatic hydroxyl groups is 2. The molecule has 1 aliphatic heterocycles. The number of hydrogen-bond acceptors (Lipinski definition) is 9. The highest BCUT2D eigenvalue weighted by Gasteiger charge is 2.46. The van der Waals surface area contributed by atoms with Crippen LogP contribution in [0.4, 0.5) is 5.82 Å². The Morgan fingerprint density at radius 3 is 2.70 bits per heavy atom. The van der Waals surface area contributed by atoms with Crippen LogP contribution in [0.3, 0.4) is 0 Å². The van der Waals surface area contributed by atoms with Crippen molar-refractivity contribution in [3.63, 3.8) is 0 Å². The van der Waals surface area contributed by atoms with E-state index in [0.29, 0.717) is 35.5 Å². The monoisotopic (exact) mass is 583 g/mol. The maximum atomic E-state index is 11.0. The fraction of sp³-hybridized carbons (Fsp3) is 0.600. The molecule has 11 nitrogen and oxygen atoms in total. The topological polar surface area (TPSA) is 137 Å². The first kappa shape index (κ1) is 30.1. The molecule has 43 heavy (non-hydrogen) atoms. The fourth-order valence-electron chi connectivity index (χ4n) is 6.52. The van der Waals surface area contributed by atoms with Crippen molar-refractivity contribution in [3.05, 3.63) is 42.2 Å². The Morgan fingerprint density at radius 2 is 1.98 bits per heavy atom. The molecule has 4 heterocycles. The maximum Gasteiger partial charge on any atom is 0.182 e. The molecule has 2 fully saturated rings. The van der Waals surface area contributed by atoms with Crippen LogP contribution in [0, 0.1) is 5.92 Å². The lowest BCUT2D eigenvalue weighted by atomic mass is 9.67. The Labute approximate surface area is 254 Å². The lowest BCUT2D eigenvalue weighted by Crippen LogP contribution is -2.52. The van der Waals surface area contributed by atoms with E-state index in [9.17, 15) is 10.2 Å². The summed E-state index contributed by atoms with van der Waals surface area (Å²) in [6.45, 7) is 11.6. The fourth-order valence-corrected chi connectivity index (χ4v) is 6.52. The second-order valence-electron chi connectivity index (χ2n) is 13.4. The van der Waals surface area contributed by atoms with E-state index in [1.807, 2.05) is 0 Å². The predicted octanol–water partition coefficient (Wildman–Crippen LogP) is 2.86. The van der Waals surface area contributed by atoms with Crippen molar-refractivity contribution in [2.75, 3.05) is 11.8 Å². The Bertz CT molecular complexity index is 1560. The van der Waals surface area contributed by atoms with E-state index < -0.39 is 24.5 Å². The summed E-state index contributed by atoms with van der Waals surface area (Å²) in [5, 5.41) is 24.8. The number of fused-ring (bicyclic) bond motifs is 2. The summed E-state index contributed by atoms with van der Waals surface area (Å²) in [5.74, 6) is 2.13. The predicted molar refractivity (Wildman–Crippen MR) is 168 cm³/mol. The number of nitrogens with zero attached hydrogens (tertiary/aromatic N) is 6. The van der Waals surface area contributed by atoms with Crippen LogP contribution in [-0.4, -0.2) is 96.6 Å². The zero-order valence-corrected chi connectivity index (χ0v) is 25.6. The van der Waals surface area contributed by atoms with Crippen LogP contribution in [0.2, 0.25) is 0 Å². The number of imidazole rings is 2. The molecule has 4 atom stereocenters. The van der Waals surface area contributed by atoms with E-state index in [1.165, 1.54) is 19.2 Å². The smallest absolute Gasteiger partial charge is 0.182 e. The van der Waals surface area contributed by atoms with Gasteiger partial charge in [0.15, 0.2) is 19.2 Å². The Hall–Kier alpha value is -2.99. The number of aliphatic hydroxyl groups excluding tert-OH is 2. The lowest BCUT2D eigenvalue weighted by Gasteiger charge is -2.46. The zero-order chi connectivity index (χ0) is 30.5. The number of rotatable bonds is 10. The molecule has 1 aromatic carbocycles. The largest absolute Gasteiger partial charge is 0.424 e. The summed E-state index contributed by atoms with van der Waals surface area (Å²) in [4.78, 5) is 23.7. The van der Waals surface area contributed by atoms with Crippen LogP contribution in [-0.2, 0) is 16.6 Å². The van der Waals surface area contributed by atoms with E-state index in [0.717, 1.165) is 42.5 Å². The third kappa shape index (κ3) is 5.92. The normalized spacial score (nSPS) is 26.1. The van der Waals surface area contributed by atoms with E-state index in [2.05, 4.69) is 82.9 Å². The molecule has 2 aliphatic rings. The molecule has 3 aromatic heterocycles. The molecule has 0 spiro atoms. The van der Waals surface area contributed by atoms with Crippen molar-refractivity contribution in [2.24, 2.45) is 5.92 Å². The molecular weight excluding hydrogens is 542 g/mol. The minimum absolute atomic E-state index is 0.106. The van der Waals surface area contributed by atoms with E-state index in [-0.39, 0.29) is 11.5 Å². The second kappa shape index (κ2) is 11.8. The van der Waals surface area contributed by atoms with Gasteiger partial charge in [-0.05, 0) is 62.1 Å². The number of hydrogen-bond donors (Lipinski definition) is 4. The molecule has 0 bridgehead atoms. The van der Waals surface area contributed by atoms with Crippen molar-refractivity contribution in [2.45, 2.75) is 102 Å². The summed E-state index contributed by atoms with van der Waals surface area (Å²) in [6, 6.07) is 7.20. The number of aromatic amines is 1. The number of anilines is 1. The van der Waals surface area contributed by atoms with E-state index in [4.69, 9.17) is 17.5 Å². The van der Waals surface area contributed by atoms with Gasteiger partial charge in [0, 0.05) is 32.8 Å². The van der Waals surface area contributed by atoms with Gasteiger partial charge in [-0.3, -0.25) is 9.47 Å². The quantitative estimate of drug-likeness (QED) is 0.208. The highest BCUT2D eigenvalue weighted by atomic mass is 16.6. The van der Waals surface area contributed by atoms with E-state index in [1.54, 1.807) is 10.9 Å². The average Bonchev–Trinajstić information content (AvgIpc) is 3.62. The number of nitrogens with one attached hydrogen (secondary N) is 2. The number of H-pyrrole nitrogens is 1. The van der Waals surface area contributed by atoms with Crippen LogP contribution in [0.5, 0.6) is 0 Å². The Kier molecular flexibility index (Phi) is 8.27. The van der Waals surface area contributed by atoms with Gasteiger partial charge in [0.25, 0.3) is 0 Å². The average molecular weight is 583 g/mol. The Morgan fingerprint density at radius 1 is 1.19 bits per heavy atom. The molecule has 3 radical (unpaired) electrons. The number of aromatic nitrogens is 6. The third-order valence-corrected chi connectivity index (χ3v) is 9.11. The highest BCUT2D eigenvalue weighted by molar-refractivity contribution is 6.91. The van der Waals surface area contributed by atoms with Gasteiger partial charge in [0.05, 0.1) is 17.4 Å². The van der Waals surface area contributed by atoms with Gasteiger partial charge in [0.1, 0.15) is 41.8 Å². The van der Waals surface area contributed by atoms with Crippen LogP contribution < -0.4 is 5.23 Å². The second-order valence-corrected chi connectivity index (χ2v) is 13.4. The molecule has 6 rings (SSSR count). The summed E-state index contributed by atoms with van der Waals surface area (Å²) >= 11 is 0. The molecule has 4 unspecified atom stereocenters. The van der Waals surface area contributed by atoms with Gasteiger partial charge < -0.3 is 25.2 Å². The SMILES string of the molecule is [B][B]Nc1ncnc2c1ncn2C1OC(CN(C(C)C)C2CC(CCc3nc4ccc(C(C)(C)C)cc4[nH]3)C2)C(O)C1O. The highest BCUT2D eigenvalue weighted by Crippen LogP contribution is 2.38. The van der Waals surface area contributed by atoms with Gasteiger partial charge in [-0.15, -0.1) is 0 Å². The van der Waals surface area contributed by atoms with Crippen molar-refractivity contribution in [3.8, 4) is 0 Å².